The summed E-state index contributed by atoms with van der Waals surface area (Å²) in [5, 5.41) is 0. The van der Waals surface area contributed by atoms with Gasteiger partial charge in [-0.3, -0.25) is 4.79 Å². The molecule has 0 amide bonds. The van der Waals surface area contributed by atoms with Gasteiger partial charge in [0.15, 0.2) is 0 Å². The first kappa shape index (κ1) is 19.3. The van der Waals surface area contributed by atoms with E-state index in [-0.39, 0.29) is 18.0 Å². The number of rotatable bonds is 7. The number of carbonyl (C=O) groups excluding carboxylic acids is 1. The third kappa shape index (κ3) is 6.45. The van der Waals surface area contributed by atoms with E-state index in [2.05, 4.69) is 38.2 Å². The van der Waals surface area contributed by atoms with Gasteiger partial charge in [0.2, 0.25) is 0 Å². The molecule has 0 aromatic carbocycles. The quantitative estimate of drug-likeness (QED) is 0.409. The van der Waals surface area contributed by atoms with Gasteiger partial charge in [-0.1, -0.05) is 44.6 Å². The van der Waals surface area contributed by atoms with Crippen LogP contribution in [0, 0.1) is 17.8 Å². The predicted octanol–water partition coefficient (Wildman–Crippen LogP) is 6.22. The van der Waals surface area contributed by atoms with Gasteiger partial charge in [0, 0.05) is 0 Å². The highest BCUT2D eigenvalue weighted by Crippen LogP contribution is 2.33. The maximum absolute atomic E-state index is 12.4. The Morgan fingerprint density at radius 2 is 1.46 bits per heavy atom. The Morgan fingerprint density at radius 1 is 0.875 bits per heavy atom. The molecule has 2 aliphatic carbocycles. The van der Waals surface area contributed by atoms with Crippen molar-refractivity contribution in [2.75, 3.05) is 0 Å². The van der Waals surface area contributed by atoms with Crippen LogP contribution in [0.4, 0.5) is 0 Å². The zero-order valence-corrected chi connectivity index (χ0v) is 15.7. The van der Waals surface area contributed by atoms with E-state index in [1.165, 1.54) is 25.7 Å². The van der Waals surface area contributed by atoms with Crippen LogP contribution < -0.4 is 0 Å². The molecule has 2 saturated carbocycles. The molecule has 2 fully saturated rings. The lowest BCUT2D eigenvalue weighted by molar-refractivity contribution is -0.157. The minimum atomic E-state index is 0.0820. The zero-order chi connectivity index (χ0) is 17.2. The highest BCUT2D eigenvalue weighted by Gasteiger charge is 2.29. The topological polar surface area (TPSA) is 26.3 Å². The van der Waals surface area contributed by atoms with E-state index in [9.17, 15) is 4.79 Å². The molecule has 0 N–H and O–H groups in total. The highest BCUT2D eigenvalue weighted by atomic mass is 16.5. The van der Waals surface area contributed by atoms with E-state index < -0.39 is 0 Å². The fraction of sp³-hybridized carbons (Fsp3) is 0.773. The van der Waals surface area contributed by atoms with Gasteiger partial charge >= 0.3 is 5.97 Å². The number of carbonyl (C=O) groups is 1. The standard InChI is InChI=1S/C22H36O2/c1-3-5-7-9-19-10-14-20(15-11-19)22(23)24-21-16-12-18(13-17-21)8-6-4-2/h6-9,18-21H,3-5,10-17H2,1-2H3/b8-6+,9-7+/t18-,19-,20-,21-. The first-order chi connectivity index (χ1) is 11.7. The van der Waals surface area contributed by atoms with Crippen LogP contribution >= 0.6 is 0 Å². The SMILES string of the molecule is CC/C=C/[C@H]1CC[C@H](OC(=O)[C@H]2CC[C@H](/C=C/CCC)CC2)CC1. The van der Waals surface area contributed by atoms with Crippen LogP contribution in [0.5, 0.6) is 0 Å². The van der Waals surface area contributed by atoms with Crippen LogP contribution in [-0.2, 0) is 9.53 Å². The second-order valence-corrected chi connectivity index (χ2v) is 7.64. The van der Waals surface area contributed by atoms with Gasteiger partial charge in [-0.15, -0.1) is 0 Å². The lowest BCUT2D eigenvalue weighted by Crippen LogP contribution is -2.29. The minimum absolute atomic E-state index is 0.0820. The molecular weight excluding hydrogens is 296 g/mol. The molecule has 0 atom stereocenters. The molecule has 0 aromatic heterocycles. The van der Waals surface area contributed by atoms with Gasteiger partial charge in [0.05, 0.1) is 5.92 Å². The summed E-state index contributed by atoms with van der Waals surface area (Å²) < 4.78 is 5.84. The summed E-state index contributed by atoms with van der Waals surface area (Å²) in [5.41, 5.74) is 0. The molecule has 136 valence electrons. The zero-order valence-electron chi connectivity index (χ0n) is 15.7. The third-order valence-corrected chi connectivity index (χ3v) is 5.61. The van der Waals surface area contributed by atoms with E-state index in [0.29, 0.717) is 11.8 Å². The number of hydrogen-bond donors (Lipinski definition) is 0. The van der Waals surface area contributed by atoms with Crippen LogP contribution in [-0.4, -0.2) is 12.1 Å². The molecule has 2 nitrogen and oxygen atoms in total. The highest BCUT2D eigenvalue weighted by molar-refractivity contribution is 5.72. The number of allylic oxidation sites excluding steroid dienone is 4. The van der Waals surface area contributed by atoms with Crippen LogP contribution in [0.25, 0.3) is 0 Å². The molecule has 0 spiro atoms. The number of ether oxygens (including phenoxy) is 1. The predicted molar refractivity (Wildman–Crippen MR) is 101 cm³/mol. The fourth-order valence-electron chi connectivity index (χ4n) is 3.99. The number of esters is 1. The van der Waals surface area contributed by atoms with Crippen molar-refractivity contribution in [1.82, 2.24) is 0 Å². The minimum Gasteiger partial charge on any atom is -0.462 e. The van der Waals surface area contributed by atoms with Crippen molar-refractivity contribution < 1.29 is 9.53 Å². The van der Waals surface area contributed by atoms with Crippen molar-refractivity contribution >= 4 is 5.97 Å². The first-order valence-electron chi connectivity index (χ1n) is 10.3. The summed E-state index contributed by atoms with van der Waals surface area (Å²) in [4.78, 5) is 12.4. The lowest BCUT2D eigenvalue weighted by atomic mass is 9.81. The average molecular weight is 333 g/mol. The third-order valence-electron chi connectivity index (χ3n) is 5.61. The van der Waals surface area contributed by atoms with Crippen LogP contribution in [0.15, 0.2) is 24.3 Å². The summed E-state index contributed by atoms with van der Waals surface area (Å²) >= 11 is 0. The Labute approximate surface area is 148 Å². The Morgan fingerprint density at radius 3 is 2.04 bits per heavy atom. The summed E-state index contributed by atoms with van der Waals surface area (Å²) in [6.07, 6.45) is 21.7. The van der Waals surface area contributed by atoms with E-state index in [1.807, 2.05) is 0 Å². The van der Waals surface area contributed by atoms with Crippen molar-refractivity contribution in [3.8, 4) is 0 Å². The summed E-state index contributed by atoms with van der Waals surface area (Å²) in [6, 6.07) is 0. The molecule has 0 aliphatic heterocycles. The van der Waals surface area contributed by atoms with Crippen molar-refractivity contribution in [1.29, 1.82) is 0 Å². The number of unbranched alkanes of at least 4 members (excludes halogenated alkanes) is 1. The Hall–Kier alpha value is -1.05. The Balaban J connectivity index is 1.66. The summed E-state index contributed by atoms with van der Waals surface area (Å²) in [7, 11) is 0. The van der Waals surface area contributed by atoms with E-state index >= 15 is 0 Å². The van der Waals surface area contributed by atoms with Crippen molar-refractivity contribution in [2.45, 2.75) is 90.6 Å². The Bertz CT molecular complexity index is 408. The van der Waals surface area contributed by atoms with Gasteiger partial charge < -0.3 is 4.74 Å². The van der Waals surface area contributed by atoms with Crippen molar-refractivity contribution in [3.63, 3.8) is 0 Å². The molecule has 0 heterocycles. The van der Waals surface area contributed by atoms with Gasteiger partial charge in [0.25, 0.3) is 0 Å². The molecule has 2 aliphatic rings. The van der Waals surface area contributed by atoms with Crippen LogP contribution in [0.1, 0.15) is 84.5 Å². The van der Waals surface area contributed by atoms with Crippen LogP contribution in [0.3, 0.4) is 0 Å². The van der Waals surface area contributed by atoms with E-state index in [4.69, 9.17) is 4.74 Å². The molecule has 0 aromatic rings. The van der Waals surface area contributed by atoms with Gasteiger partial charge in [-0.05, 0) is 76.0 Å². The van der Waals surface area contributed by atoms with Gasteiger partial charge in [-0.25, -0.2) is 0 Å². The second-order valence-electron chi connectivity index (χ2n) is 7.64. The van der Waals surface area contributed by atoms with E-state index in [0.717, 1.165) is 44.9 Å². The maximum atomic E-state index is 12.4. The molecule has 0 saturated heterocycles. The summed E-state index contributed by atoms with van der Waals surface area (Å²) in [5.74, 6) is 1.61. The molecule has 2 heteroatoms. The van der Waals surface area contributed by atoms with Gasteiger partial charge in [-0.2, -0.15) is 0 Å². The van der Waals surface area contributed by atoms with Crippen LogP contribution in [0.2, 0.25) is 0 Å². The smallest absolute Gasteiger partial charge is 0.309 e. The summed E-state index contributed by atoms with van der Waals surface area (Å²) in [6.45, 7) is 4.39. The largest absolute Gasteiger partial charge is 0.462 e. The second kappa shape index (κ2) is 10.7. The lowest BCUT2D eigenvalue weighted by Gasteiger charge is -2.30. The molecule has 0 radical (unpaired) electrons. The molecule has 0 unspecified atom stereocenters. The van der Waals surface area contributed by atoms with Gasteiger partial charge in [0.1, 0.15) is 6.10 Å². The molecular formula is C22H36O2. The number of hydrogen-bond acceptors (Lipinski definition) is 2. The van der Waals surface area contributed by atoms with E-state index in [1.54, 1.807) is 0 Å². The molecule has 24 heavy (non-hydrogen) atoms. The molecule has 2 rings (SSSR count). The maximum Gasteiger partial charge on any atom is 0.309 e. The normalized spacial score (nSPS) is 31.6. The monoisotopic (exact) mass is 332 g/mol. The first-order valence-corrected chi connectivity index (χ1v) is 10.3. The molecule has 0 bridgehead atoms. The van der Waals surface area contributed by atoms with Crippen molar-refractivity contribution in [2.24, 2.45) is 17.8 Å². The van der Waals surface area contributed by atoms with Crippen molar-refractivity contribution in [3.05, 3.63) is 24.3 Å². The fourth-order valence-corrected chi connectivity index (χ4v) is 3.99. The average Bonchev–Trinajstić information content (AvgIpc) is 2.62. The Kier molecular flexibility index (Phi) is 8.63.